The number of alkyl halides is 3. The number of rotatable bonds is 5. The topological polar surface area (TPSA) is 185 Å². The molecule has 0 spiro atoms. The Labute approximate surface area is 207 Å². The zero-order chi connectivity index (χ0) is 27.5. The normalized spacial score (nSPS) is 18.3. The average molecular weight is 548 g/mol. The first kappa shape index (κ1) is 27.7. The fourth-order valence-corrected chi connectivity index (χ4v) is 5.04. The summed E-state index contributed by atoms with van der Waals surface area (Å²) in [4.78, 5) is 39.1. The smallest absolute Gasteiger partial charge is 0.475 e. The number of fused-ring (bicyclic) bond motifs is 1. The van der Waals surface area contributed by atoms with Crippen LogP contribution in [0.15, 0.2) is 42.5 Å². The molecule has 37 heavy (non-hydrogen) atoms. The van der Waals surface area contributed by atoms with Crippen LogP contribution in [-0.2, 0) is 16.0 Å². The second kappa shape index (κ2) is 10.6. The third kappa shape index (κ3) is 6.87. The van der Waals surface area contributed by atoms with E-state index in [-0.39, 0.29) is 18.4 Å². The molecule has 0 bridgehead atoms. The van der Waals surface area contributed by atoms with Crippen molar-refractivity contribution in [2.75, 3.05) is 0 Å². The van der Waals surface area contributed by atoms with Gasteiger partial charge in [0.25, 0.3) is 0 Å². The molecule has 1 unspecified atom stereocenters. The van der Waals surface area contributed by atoms with Crippen LogP contribution in [0.5, 0.6) is 0 Å². The van der Waals surface area contributed by atoms with Crippen LogP contribution in [0.1, 0.15) is 34.7 Å². The summed E-state index contributed by atoms with van der Waals surface area (Å²) in [6.07, 6.45) is -6.44. The first-order chi connectivity index (χ1) is 17.2. The van der Waals surface area contributed by atoms with Gasteiger partial charge in [-0.05, 0) is 23.8 Å². The number of hydrogen-bond donors (Lipinski definition) is 7. The molecule has 3 aromatic rings. The number of aromatic amines is 1. The first-order valence-corrected chi connectivity index (χ1v) is 11.9. The number of para-hydroxylation sites is 2. The maximum atomic E-state index is 14.7. The largest absolute Gasteiger partial charge is 0.490 e. The van der Waals surface area contributed by atoms with E-state index in [2.05, 4.69) is 20.0 Å². The molecule has 0 aliphatic carbocycles. The lowest BCUT2D eigenvalue weighted by Crippen LogP contribution is -2.29. The number of hydrogen-bond acceptors (Lipinski definition) is 6. The minimum Gasteiger partial charge on any atom is -0.475 e. The molecule has 2 atom stereocenters. The lowest BCUT2D eigenvalue weighted by atomic mass is 10.0. The van der Waals surface area contributed by atoms with Crippen molar-refractivity contribution in [3.63, 3.8) is 0 Å². The molecule has 1 aliphatic heterocycles. The predicted molar refractivity (Wildman–Crippen MR) is 122 cm³/mol. The minimum absolute atomic E-state index is 0.0172. The van der Waals surface area contributed by atoms with Crippen LogP contribution in [-0.4, -0.2) is 53.4 Å². The Balaban J connectivity index is 0.000000479. The molecule has 0 radical (unpaired) electrons. The van der Waals surface area contributed by atoms with Crippen LogP contribution in [0.2, 0.25) is 0 Å². The molecule has 1 aliphatic rings. The van der Waals surface area contributed by atoms with Gasteiger partial charge in [0.05, 0.1) is 23.5 Å². The minimum atomic E-state index is -5.08. The summed E-state index contributed by atoms with van der Waals surface area (Å²) in [5.74, 6) is -3.62. The Morgan fingerprint density at radius 3 is 2.32 bits per heavy atom. The van der Waals surface area contributed by atoms with Gasteiger partial charge in [-0.2, -0.15) is 13.2 Å². The maximum absolute atomic E-state index is 14.7. The molecule has 1 aromatic heterocycles. The number of aromatic nitrogens is 2. The number of nitrogens with zero attached hydrogens (tertiary/aromatic N) is 1. The van der Waals surface area contributed by atoms with E-state index in [1.54, 1.807) is 12.1 Å². The summed E-state index contributed by atoms with van der Waals surface area (Å²) in [6.45, 7) is 0. The number of halogens is 4. The Morgan fingerprint density at radius 2 is 1.81 bits per heavy atom. The van der Waals surface area contributed by atoms with E-state index < -0.39 is 52.0 Å². The van der Waals surface area contributed by atoms with Gasteiger partial charge in [-0.1, -0.05) is 24.3 Å². The summed E-state index contributed by atoms with van der Waals surface area (Å²) in [7, 11) is -3.47. The highest BCUT2D eigenvalue weighted by molar-refractivity contribution is 8.23. The molecule has 7 N–H and O–H groups in total. The molecular weight excluding hydrogens is 528 g/mol. The molecule has 2 amide bonds. The van der Waals surface area contributed by atoms with Gasteiger partial charge in [-0.25, -0.2) is 19.0 Å². The van der Waals surface area contributed by atoms with Crippen molar-refractivity contribution < 1.29 is 51.3 Å². The lowest BCUT2D eigenvalue weighted by Gasteiger charge is -2.33. The molecule has 0 saturated carbocycles. The highest BCUT2D eigenvalue weighted by atomic mass is 32.3. The fraction of sp³-hybridized carbons (Fsp3) is 0.238. The van der Waals surface area contributed by atoms with Crippen molar-refractivity contribution >= 4 is 39.8 Å². The van der Waals surface area contributed by atoms with Crippen molar-refractivity contribution in [2.45, 2.75) is 30.3 Å². The highest BCUT2D eigenvalue weighted by Crippen LogP contribution is 2.56. The van der Waals surface area contributed by atoms with E-state index in [0.717, 1.165) is 5.52 Å². The predicted octanol–water partition coefficient (Wildman–Crippen LogP) is 4.11. The van der Waals surface area contributed by atoms with Gasteiger partial charge in [-0.3, -0.25) is 18.6 Å². The molecule has 2 aromatic carbocycles. The number of carbonyl (C=O) groups is 3. The number of H-pyrrole nitrogens is 1. The first-order valence-electron chi connectivity index (χ1n) is 10.3. The monoisotopic (exact) mass is 548 g/mol. The molecule has 16 heteroatoms. The van der Waals surface area contributed by atoms with Crippen LogP contribution >= 0.6 is 10.8 Å². The van der Waals surface area contributed by atoms with Crippen molar-refractivity contribution in [1.82, 2.24) is 20.0 Å². The molecule has 4 rings (SSSR count). The van der Waals surface area contributed by atoms with Gasteiger partial charge in [0, 0.05) is 12.0 Å². The second-order valence-electron chi connectivity index (χ2n) is 7.82. The summed E-state index contributed by atoms with van der Waals surface area (Å²) in [6, 6.07) is 10.6. The van der Waals surface area contributed by atoms with Crippen molar-refractivity contribution in [3.8, 4) is 0 Å². The van der Waals surface area contributed by atoms with Gasteiger partial charge >= 0.3 is 18.2 Å². The summed E-state index contributed by atoms with van der Waals surface area (Å²) < 4.78 is 68.5. The van der Waals surface area contributed by atoms with E-state index in [9.17, 15) is 41.4 Å². The van der Waals surface area contributed by atoms with E-state index >= 15 is 0 Å². The maximum Gasteiger partial charge on any atom is 0.490 e. The molecular formula is C21H20F4N4O7S. The molecule has 200 valence electrons. The van der Waals surface area contributed by atoms with E-state index in [1.165, 1.54) is 12.1 Å². The molecule has 1 saturated heterocycles. The number of aliphatic carboxylic acids is 1. The SMILES string of the molecule is O=C(O)C(F)(F)F.O=C(O)N[C@@H](Cc1ccc(C2CC(=O)NS2(O)O)c(F)c1)c1nc2ccccc2[nH]1. The van der Waals surface area contributed by atoms with Gasteiger partial charge in [0.15, 0.2) is 0 Å². The summed E-state index contributed by atoms with van der Waals surface area (Å²) in [5.41, 5.74) is 1.91. The Morgan fingerprint density at radius 1 is 1.16 bits per heavy atom. The van der Waals surface area contributed by atoms with Crippen LogP contribution in [0.4, 0.5) is 22.4 Å². The number of carboxylic acid groups (broad SMARTS) is 2. The average Bonchev–Trinajstić information content (AvgIpc) is 3.32. The Kier molecular flexibility index (Phi) is 7.94. The quantitative estimate of drug-likeness (QED) is 0.232. The fourth-order valence-electron chi connectivity index (χ4n) is 3.55. The number of imidazole rings is 1. The van der Waals surface area contributed by atoms with E-state index in [1.807, 2.05) is 18.2 Å². The summed E-state index contributed by atoms with van der Waals surface area (Å²) >= 11 is 0. The zero-order valence-corrected chi connectivity index (χ0v) is 19.3. The van der Waals surface area contributed by atoms with Crippen molar-refractivity contribution in [1.29, 1.82) is 0 Å². The number of nitrogens with one attached hydrogen (secondary N) is 3. The van der Waals surface area contributed by atoms with Crippen molar-refractivity contribution in [2.24, 2.45) is 0 Å². The molecule has 11 nitrogen and oxygen atoms in total. The Bertz CT molecular complexity index is 1300. The number of amides is 2. The van der Waals surface area contributed by atoms with Gasteiger partial charge in [0.1, 0.15) is 16.9 Å². The van der Waals surface area contributed by atoms with Crippen LogP contribution in [0.3, 0.4) is 0 Å². The highest BCUT2D eigenvalue weighted by Gasteiger charge is 2.39. The number of carbonyl (C=O) groups excluding carboxylic acids is 1. The number of benzene rings is 2. The molecule has 2 heterocycles. The lowest BCUT2D eigenvalue weighted by molar-refractivity contribution is -0.192. The van der Waals surface area contributed by atoms with Crippen LogP contribution in [0.25, 0.3) is 11.0 Å². The van der Waals surface area contributed by atoms with E-state index in [0.29, 0.717) is 16.9 Å². The second-order valence-corrected chi connectivity index (χ2v) is 9.77. The van der Waals surface area contributed by atoms with Crippen LogP contribution < -0.4 is 10.0 Å². The number of carboxylic acids is 1. The Hall–Kier alpha value is -3.89. The molecule has 1 fully saturated rings. The zero-order valence-electron chi connectivity index (χ0n) is 18.5. The third-order valence-corrected chi connectivity index (χ3v) is 6.90. The van der Waals surface area contributed by atoms with E-state index in [4.69, 9.17) is 9.90 Å². The standard InChI is InChI=1S/C19H19FN4O5S.C2HF3O2/c20-12-7-10(5-6-11(12)16-9-17(25)24-30(16,28)29)8-15(23-19(26)27)18-21-13-3-1-2-4-14(13)22-18;3-2(4,5)1(6)7/h1-7,15-16,23,28-29H,8-9H2,(H,21,22)(H,24,25)(H,26,27);(H,6,7)/t15-,16?;/m0./s1. The van der Waals surface area contributed by atoms with Crippen molar-refractivity contribution in [3.05, 3.63) is 65.2 Å². The third-order valence-electron chi connectivity index (χ3n) is 5.16. The van der Waals surface area contributed by atoms with Crippen LogP contribution in [0, 0.1) is 5.82 Å². The summed E-state index contributed by atoms with van der Waals surface area (Å²) in [5, 5.41) is 17.6. The van der Waals surface area contributed by atoms with Gasteiger partial charge in [0.2, 0.25) is 5.91 Å². The van der Waals surface area contributed by atoms with Gasteiger partial charge in [-0.15, -0.1) is 10.8 Å². The van der Waals surface area contributed by atoms with Gasteiger partial charge < -0.3 is 20.5 Å².